The summed E-state index contributed by atoms with van der Waals surface area (Å²) in [6.45, 7) is 14.8. The van der Waals surface area contributed by atoms with Crippen molar-refractivity contribution < 1.29 is 4.79 Å². The summed E-state index contributed by atoms with van der Waals surface area (Å²) in [6.07, 6.45) is 14.8. The molecule has 0 heterocycles. The van der Waals surface area contributed by atoms with E-state index in [0.29, 0.717) is 11.8 Å². The third kappa shape index (κ3) is 3.39. The molecule has 0 aromatic heterocycles. The van der Waals surface area contributed by atoms with Gasteiger partial charge in [-0.3, -0.25) is 0 Å². The van der Waals surface area contributed by atoms with Crippen LogP contribution >= 0.6 is 0 Å². The summed E-state index contributed by atoms with van der Waals surface area (Å²) >= 11 is 0. The smallest absolute Gasteiger partial charge is 0.127 e. The summed E-state index contributed by atoms with van der Waals surface area (Å²) < 4.78 is 0. The van der Waals surface area contributed by atoms with Gasteiger partial charge in [0.05, 0.1) is 0 Å². The Bertz CT molecular complexity index is 500. The second-order valence-electron chi connectivity index (χ2n) is 8.34. The largest absolute Gasteiger partial charge is 0.303 e. The minimum atomic E-state index is -0.220. The lowest BCUT2D eigenvalue weighted by molar-refractivity contribution is -0.123. The summed E-state index contributed by atoms with van der Waals surface area (Å²) in [7, 11) is 0. The van der Waals surface area contributed by atoms with Crippen molar-refractivity contribution >= 4 is 6.29 Å². The fourth-order valence-corrected chi connectivity index (χ4v) is 5.12. The van der Waals surface area contributed by atoms with Crippen molar-refractivity contribution in [3.8, 4) is 0 Å². The number of rotatable bonds is 7. The minimum absolute atomic E-state index is 0.220. The molecule has 2 rings (SSSR count). The SMILES string of the molecule is C=CCC1(C=O)C(C)CC=C2C1CCCC2(C)CCCC(=C)C. The van der Waals surface area contributed by atoms with Crippen LogP contribution < -0.4 is 0 Å². The highest BCUT2D eigenvalue weighted by molar-refractivity contribution is 5.63. The molecule has 0 saturated heterocycles. The summed E-state index contributed by atoms with van der Waals surface area (Å²) in [5, 5.41) is 0. The van der Waals surface area contributed by atoms with Crippen molar-refractivity contribution in [3.05, 3.63) is 36.5 Å². The molecule has 0 spiro atoms. The average molecular weight is 315 g/mol. The molecule has 1 fully saturated rings. The maximum Gasteiger partial charge on any atom is 0.127 e. The standard InChI is InChI=1S/C22H34O/c1-6-13-22(16-23)18(4)11-12-19-20(22)10-8-15-21(19,5)14-7-9-17(2)3/h6,12,16,18,20H,1-2,7-11,13-15H2,3-5H3. The van der Waals surface area contributed by atoms with Crippen LogP contribution in [0.5, 0.6) is 0 Å². The highest BCUT2D eigenvalue weighted by Crippen LogP contribution is 2.58. The van der Waals surface area contributed by atoms with Crippen LogP contribution in [-0.4, -0.2) is 6.29 Å². The fourth-order valence-electron chi connectivity index (χ4n) is 5.12. The first-order valence-corrected chi connectivity index (χ1v) is 9.32. The van der Waals surface area contributed by atoms with Crippen LogP contribution in [0.2, 0.25) is 0 Å². The van der Waals surface area contributed by atoms with Crippen LogP contribution in [0.15, 0.2) is 36.5 Å². The minimum Gasteiger partial charge on any atom is -0.303 e. The second-order valence-corrected chi connectivity index (χ2v) is 8.34. The zero-order valence-electron chi connectivity index (χ0n) is 15.4. The van der Waals surface area contributed by atoms with Crippen LogP contribution in [0, 0.1) is 22.7 Å². The van der Waals surface area contributed by atoms with Crippen LogP contribution in [0.25, 0.3) is 0 Å². The van der Waals surface area contributed by atoms with Crippen molar-refractivity contribution in [2.75, 3.05) is 0 Å². The van der Waals surface area contributed by atoms with Crippen molar-refractivity contribution in [3.63, 3.8) is 0 Å². The van der Waals surface area contributed by atoms with Crippen molar-refractivity contribution in [1.82, 2.24) is 0 Å². The van der Waals surface area contributed by atoms with Gasteiger partial charge in [-0.15, -0.1) is 13.2 Å². The van der Waals surface area contributed by atoms with Crippen LogP contribution in [0.1, 0.15) is 72.1 Å². The number of fused-ring (bicyclic) bond motifs is 1. The van der Waals surface area contributed by atoms with Crippen molar-refractivity contribution in [2.24, 2.45) is 22.7 Å². The first kappa shape index (κ1) is 18.2. The first-order chi connectivity index (χ1) is 10.9. The quantitative estimate of drug-likeness (QED) is 0.400. The molecule has 4 atom stereocenters. The van der Waals surface area contributed by atoms with Gasteiger partial charge in [-0.05, 0) is 69.1 Å². The monoisotopic (exact) mass is 314 g/mol. The molecule has 0 aromatic rings. The van der Waals surface area contributed by atoms with E-state index in [2.05, 4.69) is 40.0 Å². The van der Waals surface area contributed by atoms with E-state index in [4.69, 9.17) is 0 Å². The summed E-state index contributed by atoms with van der Waals surface area (Å²) in [5.74, 6) is 0.842. The highest BCUT2D eigenvalue weighted by atomic mass is 16.1. The van der Waals surface area contributed by atoms with Gasteiger partial charge < -0.3 is 4.79 Å². The van der Waals surface area contributed by atoms with Gasteiger partial charge in [0.25, 0.3) is 0 Å². The lowest BCUT2D eigenvalue weighted by Crippen LogP contribution is -2.46. The van der Waals surface area contributed by atoms with E-state index in [9.17, 15) is 4.79 Å². The van der Waals surface area contributed by atoms with Crippen LogP contribution in [-0.2, 0) is 4.79 Å². The number of carbonyl (C=O) groups excluding carboxylic acids is 1. The number of hydrogen-bond acceptors (Lipinski definition) is 1. The Balaban J connectivity index is 2.29. The number of carbonyl (C=O) groups is 1. The van der Waals surface area contributed by atoms with Gasteiger partial charge in [0.2, 0.25) is 0 Å². The molecule has 2 aliphatic carbocycles. The molecule has 2 aliphatic rings. The number of hydrogen-bond donors (Lipinski definition) is 0. The second kappa shape index (κ2) is 7.20. The topological polar surface area (TPSA) is 17.1 Å². The Morgan fingerprint density at radius 3 is 2.83 bits per heavy atom. The van der Waals surface area contributed by atoms with Gasteiger partial charge in [0, 0.05) is 5.41 Å². The number of allylic oxidation sites excluding steroid dienone is 4. The molecule has 0 aliphatic heterocycles. The predicted octanol–water partition coefficient (Wildman–Crippen LogP) is 6.27. The van der Waals surface area contributed by atoms with E-state index >= 15 is 0 Å². The average Bonchev–Trinajstić information content (AvgIpc) is 2.50. The van der Waals surface area contributed by atoms with Gasteiger partial charge in [-0.2, -0.15) is 0 Å². The van der Waals surface area contributed by atoms with Crippen molar-refractivity contribution in [1.29, 1.82) is 0 Å². The van der Waals surface area contributed by atoms with E-state index in [0.717, 1.165) is 19.3 Å². The molecular weight excluding hydrogens is 280 g/mol. The van der Waals surface area contributed by atoms with Crippen molar-refractivity contribution in [2.45, 2.75) is 72.1 Å². The third-order valence-electron chi connectivity index (χ3n) is 6.60. The maximum absolute atomic E-state index is 12.2. The van der Waals surface area contributed by atoms with E-state index in [-0.39, 0.29) is 10.8 Å². The Labute approximate surface area is 142 Å². The molecule has 0 amide bonds. The summed E-state index contributed by atoms with van der Waals surface area (Å²) in [6, 6.07) is 0. The summed E-state index contributed by atoms with van der Waals surface area (Å²) in [5.41, 5.74) is 2.91. The summed E-state index contributed by atoms with van der Waals surface area (Å²) in [4.78, 5) is 12.2. The zero-order chi connectivity index (χ0) is 17.1. The fraction of sp³-hybridized carbons (Fsp3) is 0.682. The molecule has 128 valence electrons. The van der Waals surface area contributed by atoms with Gasteiger partial charge in [0.1, 0.15) is 6.29 Å². The maximum atomic E-state index is 12.2. The lowest BCUT2D eigenvalue weighted by Gasteiger charge is -2.53. The lowest BCUT2D eigenvalue weighted by atomic mass is 9.51. The first-order valence-electron chi connectivity index (χ1n) is 9.32. The van der Waals surface area contributed by atoms with E-state index in [1.54, 1.807) is 5.57 Å². The highest BCUT2D eigenvalue weighted by Gasteiger charge is 2.51. The molecule has 0 radical (unpaired) electrons. The molecule has 1 nitrogen and oxygen atoms in total. The zero-order valence-corrected chi connectivity index (χ0v) is 15.4. The van der Waals surface area contributed by atoms with Crippen LogP contribution in [0.4, 0.5) is 0 Å². The predicted molar refractivity (Wildman–Crippen MR) is 99.3 cm³/mol. The van der Waals surface area contributed by atoms with E-state index in [1.807, 2.05) is 6.08 Å². The van der Waals surface area contributed by atoms with Crippen LogP contribution in [0.3, 0.4) is 0 Å². The normalized spacial score (nSPS) is 36.7. The molecule has 4 unspecified atom stereocenters. The Hall–Kier alpha value is -1.11. The van der Waals surface area contributed by atoms with Gasteiger partial charge >= 0.3 is 0 Å². The molecule has 0 aromatic carbocycles. The molecular formula is C22H34O. The van der Waals surface area contributed by atoms with Gasteiger partial charge in [-0.1, -0.05) is 43.6 Å². The Kier molecular flexibility index (Phi) is 5.70. The Morgan fingerprint density at radius 2 is 2.22 bits per heavy atom. The molecule has 23 heavy (non-hydrogen) atoms. The molecule has 0 bridgehead atoms. The van der Waals surface area contributed by atoms with E-state index in [1.165, 1.54) is 44.0 Å². The molecule has 0 N–H and O–H groups in total. The third-order valence-corrected chi connectivity index (χ3v) is 6.60. The molecule has 1 saturated carbocycles. The molecule has 1 heteroatoms. The number of aldehydes is 1. The Morgan fingerprint density at radius 1 is 1.48 bits per heavy atom. The van der Waals surface area contributed by atoms with E-state index < -0.39 is 0 Å². The van der Waals surface area contributed by atoms with Gasteiger partial charge in [0.15, 0.2) is 0 Å². The van der Waals surface area contributed by atoms with Gasteiger partial charge in [-0.25, -0.2) is 0 Å².